The molecule has 1 aliphatic rings. The fourth-order valence-electron chi connectivity index (χ4n) is 2.14. The quantitative estimate of drug-likeness (QED) is 0.824. The molecule has 0 spiro atoms. The fourth-order valence-corrected chi connectivity index (χ4v) is 2.14. The first-order valence-corrected chi connectivity index (χ1v) is 5.92. The van der Waals surface area contributed by atoms with Crippen LogP contribution in [0, 0.1) is 12.3 Å². The molecular formula is C12H17N3O3. The number of ether oxygens (including phenoxy) is 1. The van der Waals surface area contributed by atoms with Crippen LogP contribution >= 0.6 is 0 Å². The van der Waals surface area contributed by atoms with Gasteiger partial charge in [-0.1, -0.05) is 6.42 Å². The van der Waals surface area contributed by atoms with E-state index in [2.05, 4.69) is 15.3 Å². The smallest absolute Gasteiger partial charge is 0.311 e. The first-order valence-electron chi connectivity index (χ1n) is 5.92. The van der Waals surface area contributed by atoms with Gasteiger partial charge in [0.1, 0.15) is 12.1 Å². The molecule has 6 nitrogen and oxygen atoms in total. The Morgan fingerprint density at radius 1 is 1.56 bits per heavy atom. The van der Waals surface area contributed by atoms with Gasteiger partial charge in [-0.25, -0.2) is 9.97 Å². The van der Waals surface area contributed by atoms with Crippen molar-refractivity contribution >= 4 is 11.8 Å². The minimum absolute atomic E-state index is 0.392. The van der Waals surface area contributed by atoms with Crippen molar-refractivity contribution < 1.29 is 14.6 Å². The zero-order valence-electron chi connectivity index (χ0n) is 10.6. The van der Waals surface area contributed by atoms with E-state index >= 15 is 0 Å². The molecule has 98 valence electrons. The summed E-state index contributed by atoms with van der Waals surface area (Å²) >= 11 is 0. The zero-order valence-corrected chi connectivity index (χ0v) is 10.6. The number of carboxylic acid groups (broad SMARTS) is 1. The van der Waals surface area contributed by atoms with Crippen LogP contribution in [0.4, 0.5) is 5.82 Å². The SMILES string of the molecule is COc1ncnc(NCC2(C(=O)O)CCC2)c1C. The van der Waals surface area contributed by atoms with Crippen LogP contribution in [0.25, 0.3) is 0 Å². The van der Waals surface area contributed by atoms with Crippen molar-refractivity contribution in [3.63, 3.8) is 0 Å². The molecule has 1 heterocycles. The van der Waals surface area contributed by atoms with Crippen LogP contribution in [-0.4, -0.2) is 34.7 Å². The number of hydrogen-bond donors (Lipinski definition) is 2. The normalized spacial score (nSPS) is 16.8. The van der Waals surface area contributed by atoms with Crippen LogP contribution in [0.15, 0.2) is 6.33 Å². The predicted molar refractivity (Wildman–Crippen MR) is 65.7 cm³/mol. The van der Waals surface area contributed by atoms with Gasteiger partial charge in [0.15, 0.2) is 0 Å². The molecule has 18 heavy (non-hydrogen) atoms. The Kier molecular flexibility index (Phi) is 3.36. The van der Waals surface area contributed by atoms with E-state index in [4.69, 9.17) is 4.74 Å². The Hall–Kier alpha value is -1.85. The molecule has 0 aromatic carbocycles. The lowest BCUT2D eigenvalue weighted by Gasteiger charge is -2.37. The molecule has 0 saturated heterocycles. The summed E-state index contributed by atoms with van der Waals surface area (Å²) in [6.45, 7) is 2.23. The largest absolute Gasteiger partial charge is 0.481 e. The van der Waals surface area contributed by atoms with E-state index in [0.717, 1.165) is 24.8 Å². The van der Waals surface area contributed by atoms with Crippen LogP contribution in [-0.2, 0) is 4.79 Å². The highest BCUT2D eigenvalue weighted by atomic mass is 16.5. The Morgan fingerprint density at radius 3 is 2.78 bits per heavy atom. The molecular weight excluding hydrogens is 234 g/mol. The van der Waals surface area contributed by atoms with E-state index in [-0.39, 0.29) is 0 Å². The lowest BCUT2D eigenvalue weighted by atomic mass is 9.69. The fraction of sp³-hybridized carbons (Fsp3) is 0.583. The van der Waals surface area contributed by atoms with Crippen molar-refractivity contribution in [2.45, 2.75) is 26.2 Å². The molecule has 2 rings (SSSR count). The molecule has 1 aromatic heterocycles. The van der Waals surface area contributed by atoms with Crippen molar-refractivity contribution in [1.29, 1.82) is 0 Å². The van der Waals surface area contributed by atoms with Crippen molar-refractivity contribution in [3.05, 3.63) is 11.9 Å². The highest BCUT2D eigenvalue weighted by Gasteiger charge is 2.44. The second-order valence-corrected chi connectivity index (χ2v) is 4.65. The molecule has 0 amide bonds. The lowest BCUT2D eigenvalue weighted by molar-refractivity contribution is -0.153. The molecule has 1 aliphatic carbocycles. The van der Waals surface area contributed by atoms with Gasteiger partial charge in [-0.2, -0.15) is 0 Å². The van der Waals surface area contributed by atoms with Crippen molar-refractivity contribution in [3.8, 4) is 5.88 Å². The molecule has 0 radical (unpaired) electrons. The number of carbonyl (C=O) groups is 1. The van der Waals surface area contributed by atoms with E-state index in [0.29, 0.717) is 18.2 Å². The van der Waals surface area contributed by atoms with Crippen molar-refractivity contribution in [1.82, 2.24) is 9.97 Å². The highest BCUT2D eigenvalue weighted by molar-refractivity contribution is 5.76. The molecule has 2 N–H and O–H groups in total. The highest BCUT2D eigenvalue weighted by Crippen LogP contribution is 2.41. The Balaban J connectivity index is 2.08. The van der Waals surface area contributed by atoms with Crippen LogP contribution < -0.4 is 10.1 Å². The number of hydrogen-bond acceptors (Lipinski definition) is 5. The molecule has 6 heteroatoms. The van der Waals surface area contributed by atoms with E-state index < -0.39 is 11.4 Å². The number of rotatable bonds is 5. The third-order valence-electron chi connectivity index (χ3n) is 3.59. The van der Waals surface area contributed by atoms with Crippen LogP contribution in [0.5, 0.6) is 5.88 Å². The standard InChI is InChI=1S/C12H17N3O3/c1-8-9(14-7-15-10(8)18-2)13-6-12(11(16)17)4-3-5-12/h7H,3-6H2,1-2H3,(H,16,17)(H,13,14,15). The van der Waals surface area contributed by atoms with E-state index in [1.807, 2.05) is 6.92 Å². The number of anilines is 1. The second-order valence-electron chi connectivity index (χ2n) is 4.65. The number of methoxy groups -OCH3 is 1. The van der Waals surface area contributed by atoms with Crippen LogP contribution in [0.2, 0.25) is 0 Å². The number of nitrogens with one attached hydrogen (secondary N) is 1. The summed E-state index contributed by atoms with van der Waals surface area (Å²) in [5.74, 6) is 0.403. The first-order chi connectivity index (χ1) is 8.59. The summed E-state index contributed by atoms with van der Waals surface area (Å²) in [5.41, 5.74) is 0.157. The number of aliphatic carboxylic acids is 1. The van der Waals surface area contributed by atoms with E-state index in [1.54, 1.807) is 7.11 Å². The van der Waals surface area contributed by atoms with Gasteiger partial charge in [0, 0.05) is 6.54 Å². The van der Waals surface area contributed by atoms with Gasteiger partial charge in [0.25, 0.3) is 0 Å². The molecule has 1 saturated carbocycles. The maximum absolute atomic E-state index is 11.2. The minimum Gasteiger partial charge on any atom is -0.481 e. The molecule has 1 fully saturated rings. The monoisotopic (exact) mass is 251 g/mol. The number of nitrogens with zero attached hydrogens (tertiary/aromatic N) is 2. The lowest BCUT2D eigenvalue weighted by Crippen LogP contribution is -2.43. The van der Waals surface area contributed by atoms with Gasteiger partial charge in [0.05, 0.1) is 18.1 Å². The first kappa shape index (κ1) is 12.6. The molecule has 0 aliphatic heterocycles. The maximum Gasteiger partial charge on any atom is 0.311 e. The summed E-state index contributed by atoms with van der Waals surface area (Å²) < 4.78 is 5.10. The zero-order chi connectivity index (χ0) is 13.2. The predicted octanol–water partition coefficient (Wildman–Crippen LogP) is 1.46. The Morgan fingerprint density at radius 2 is 2.28 bits per heavy atom. The minimum atomic E-state index is -0.736. The van der Waals surface area contributed by atoms with Crippen molar-refractivity contribution in [2.24, 2.45) is 5.41 Å². The van der Waals surface area contributed by atoms with Crippen LogP contribution in [0.3, 0.4) is 0 Å². The average molecular weight is 251 g/mol. The molecule has 0 atom stereocenters. The average Bonchev–Trinajstić information content (AvgIpc) is 2.29. The molecule has 0 bridgehead atoms. The van der Waals surface area contributed by atoms with Crippen LogP contribution in [0.1, 0.15) is 24.8 Å². The summed E-state index contributed by atoms with van der Waals surface area (Å²) in [6, 6.07) is 0. The Labute approximate surface area is 105 Å². The summed E-state index contributed by atoms with van der Waals surface area (Å²) in [4.78, 5) is 19.3. The third-order valence-corrected chi connectivity index (χ3v) is 3.59. The Bertz CT molecular complexity index is 458. The van der Waals surface area contributed by atoms with E-state index in [9.17, 15) is 9.90 Å². The summed E-state index contributed by atoms with van der Waals surface area (Å²) in [7, 11) is 1.55. The van der Waals surface area contributed by atoms with Gasteiger partial charge in [-0.3, -0.25) is 4.79 Å². The topological polar surface area (TPSA) is 84.3 Å². The van der Waals surface area contributed by atoms with Gasteiger partial charge in [0.2, 0.25) is 5.88 Å². The number of aromatic nitrogens is 2. The number of carboxylic acids is 1. The van der Waals surface area contributed by atoms with Gasteiger partial charge < -0.3 is 15.2 Å². The summed E-state index contributed by atoms with van der Waals surface area (Å²) in [6.07, 6.45) is 3.82. The maximum atomic E-state index is 11.2. The third kappa shape index (κ3) is 2.10. The molecule has 1 aromatic rings. The van der Waals surface area contributed by atoms with E-state index in [1.165, 1.54) is 6.33 Å². The van der Waals surface area contributed by atoms with Gasteiger partial charge in [-0.15, -0.1) is 0 Å². The second kappa shape index (κ2) is 4.80. The van der Waals surface area contributed by atoms with Crippen molar-refractivity contribution in [2.75, 3.05) is 19.0 Å². The van der Waals surface area contributed by atoms with Gasteiger partial charge >= 0.3 is 5.97 Å². The molecule has 0 unspecified atom stereocenters. The van der Waals surface area contributed by atoms with Gasteiger partial charge in [-0.05, 0) is 19.8 Å². The summed E-state index contributed by atoms with van der Waals surface area (Å²) in [5, 5.41) is 12.3.